The van der Waals surface area contributed by atoms with E-state index in [4.69, 9.17) is 16.7 Å². The highest BCUT2D eigenvalue weighted by atomic mass is 32.1. The highest BCUT2D eigenvalue weighted by molar-refractivity contribution is 7.17. The Hall–Kier alpha value is -1.78. The molecule has 0 bridgehead atoms. The van der Waals surface area contributed by atoms with Gasteiger partial charge in [0.1, 0.15) is 15.9 Å². The van der Waals surface area contributed by atoms with Crippen molar-refractivity contribution in [2.24, 2.45) is 5.73 Å². The van der Waals surface area contributed by atoms with Crippen molar-refractivity contribution < 1.29 is 4.79 Å². The van der Waals surface area contributed by atoms with Gasteiger partial charge < -0.3 is 21.3 Å². The van der Waals surface area contributed by atoms with Crippen LogP contribution in [0.15, 0.2) is 0 Å². The fourth-order valence-corrected chi connectivity index (χ4v) is 3.30. The Morgan fingerprint density at radius 1 is 1.37 bits per heavy atom. The summed E-state index contributed by atoms with van der Waals surface area (Å²) >= 11 is 1.25. The number of thiophene rings is 1. The molecule has 1 amide bonds. The molecule has 0 unspecified atom stereocenters. The highest BCUT2D eigenvalue weighted by Gasteiger charge is 2.25. The smallest absolute Gasteiger partial charge is 0.253 e. The molecule has 102 valence electrons. The number of rotatable bonds is 2. The molecule has 0 saturated carbocycles. The molecule has 1 saturated heterocycles. The predicted octanol–water partition coefficient (Wildman–Crippen LogP) is 0.443. The molecule has 4 N–H and O–H groups in total. The number of anilines is 2. The predicted molar refractivity (Wildman–Crippen MR) is 76.3 cm³/mol. The maximum atomic E-state index is 11.6. The molecule has 1 aromatic rings. The number of carbonyl (C=O) groups excluding carboxylic acids is 1. The van der Waals surface area contributed by atoms with Gasteiger partial charge in [-0.2, -0.15) is 5.26 Å². The Kier molecular flexibility index (Phi) is 3.93. The van der Waals surface area contributed by atoms with Crippen molar-refractivity contribution >= 4 is 27.9 Å². The van der Waals surface area contributed by atoms with Gasteiger partial charge in [-0.1, -0.05) is 0 Å². The topological polar surface area (TPSA) is 99.4 Å². The van der Waals surface area contributed by atoms with Crippen LogP contribution < -0.4 is 16.4 Å². The Morgan fingerprint density at radius 2 is 2.11 bits per heavy atom. The number of likely N-dealkylation sites (N-methyl/N-ethyl adjacent to an activating group) is 1. The molecule has 0 atom stereocenters. The van der Waals surface area contributed by atoms with E-state index in [0.29, 0.717) is 10.4 Å². The van der Waals surface area contributed by atoms with Gasteiger partial charge in [0.2, 0.25) is 0 Å². The van der Waals surface area contributed by atoms with Crippen molar-refractivity contribution in [1.82, 2.24) is 4.90 Å². The van der Waals surface area contributed by atoms with Gasteiger partial charge in [-0.25, -0.2) is 0 Å². The SMILES string of the molecule is CN1CCCN(c2sc(C#N)c(N)c2C(N)=O)CC1. The standard InChI is InChI=1S/C12H17N5OS/c1-16-3-2-4-17(6-5-16)12-9(11(15)18)10(14)8(7-13)19-12/h2-6,14H2,1H3,(H2,15,18). The van der Waals surface area contributed by atoms with Gasteiger partial charge in [0.25, 0.3) is 5.91 Å². The molecular formula is C12H17N5OS. The number of nitrogens with zero attached hydrogens (tertiary/aromatic N) is 3. The normalized spacial score (nSPS) is 16.9. The van der Waals surface area contributed by atoms with Crippen molar-refractivity contribution in [3.8, 4) is 6.07 Å². The maximum Gasteiger partial charge on any atom is 0.253 e. The van der Waals surface area contributed by atoms with Gasteiger partial charge in [0.15, 0.2) is 0 Å². The Balaban J connectivity index is 2.38. The second kappa shape index (κ2) is 5.47. The number of hydrogen-bond donors (Lipinski definition) is 2. The fraction of sp³-hybridized carbons (Fsp3) is 0.500. The molecule has 1 fully saturated rings. The van der Waals surface area contributed by atoms with E-state index in [1.807, 2.05) is 6.07 Å². The van der Waals surface area contributed by atoms with Gasteiger partial charge in [-0.15, -0.1) is 11.3 Å². The Bertz CT molecular complexity index is 533. The zero-order valence-electron chi connectivity index (χ0n) is 10.8. The first-order valence-electron chi connectivity index (χ1n) is 6.10. The van der Waals surface area contributed by atoms with Crippen LogP contribution in [0.25, 0.3) is 0 Å². The molecule has 2 heterocycles. The quantitative estimate of drug-likeness (QED) is 0.818. The van der Waals surface area contributed by atoms with E-state index >= 15 is 0 Å². The van der Waals surface area contributed by atoms with Crippen molar-refractivity contribution in [1.29, 1.82) is 5.26 Å². The third-order valence-electron chi connectivity index (χ3n) is 3.28. The van der Waals surface area contributed by atoms with E-state index in [0.717, 1.165) is 37.6 Å². The van der Waals surface area contributed by atoms with Crippen molar-refractivity contribution in [3.05, 3.63) is 10.4 Å². The van der Waals surface area contributed by atoms with Crippen molar-refractivity contribution in [2.45, 2.75) is 6.42 Å². The van der Waals surface area contributed by atoms with Crippen molar-refractivity contribution in [3.63, 3.8) is 0 Å². The first kappa shape index (κ1) is 13.6. The molecule has 7 heteroatoms. The number of nitrogens with two attached hydrogens (primary N) is 2. The van der Waals surface area contributed by atoms with E-state index in [9.17, 15) is 4.79 Å². The minimum absolute atomic E-state index is 0.215. The number of amides is 1. The van der Waals surface area contributed by atoms with E-state index in [1.165, 1.54) is 11.3 Å². The average molecular weight is 279 g/mol. The van der Waals surface area contributed by atoms with E-state index in [-0.39, 0.29) is 5.69 Å². The van der Waals surface area contributed by atoms with Gasteiger partial charge in [0, 0.05) is 19.6 Å². The van der Waals surface area contributed by atoms with Gasteiger partial charge in [0.05, 0.1) is 11.3 Å². The van der Waals surface area contributed by atoms with E-state index < -0.39 is 5.91 Å². The molecule has 1 aliphatic heterocycles. The summed E-state index contributed by atoms with van der Waals surface area (Å²) < 4.78 is 0. The minimum atomic E-state index is -0.567. The molecule has 0 aromatic carbocycles. The summed E-state index contributed by atoms with van der Waals surface area (Å²) in [6.45, 7) is 3.59. The lowest BCUT2D eigenvalue weighted by molar-refractivity contribution is 0.100. The summed E-state index contributed by atoms with van der Waals surface area (Å²) in [6.07, 6.45) is 1.01. The summed E-state index contributed by atoms with van der Waals surface area (Å²) in [6, 6.07) is 2.02. The minimum Gasteiger partial charge on any atom is -0.396 e. The molecule has 0 aliphatic carbocycles. The summed E-state index contributed by atoms with van der Waals surface area (Å²) in [5, 5.41) is 9.77. The summed E-state index contributed by atoms with van der Waals surface area (Å²) in [5.41, 5.74) is 11.7. The lowest BCUT2D eigenvalue weighted by Gasteiger charge is -2.21. The first-order chi connectivity index (χ1) is 9.04. The zero-order chi connectivity index (χ0) is 14.0. The molecule has 0 radical (unpaired) electrons. The van der Waals surface area contributed by atoms with Crippen LogP contribution in [0, 0.1) is 11.3 Å². The van der Waals surface area contributed by atoms with Crippen LogP contribution in [-0.4, -0.2) is 44.0 Å². The second-order valence-corrected chi connectivity index (χ2v) is 5.64. The molecule has 1 aromatic heterocycles. The summed E-state index contributed by atoms with van der Waals surface area (Å²) in [5.74, 6) is -0.567. The monoisotopic (exact) mass is 279 g/mol. The third-order valence-corrected chi connectivity index (χ3v) is 4.45. The number of nitriles is 1. The number of nitrogen functional groups attached to an aromatic ring is 1. The van der Waals surface area contributed by atoms with Crippen LogP contribution in [0.5, 0.6) is 0 Å². The Morgan fingerprint density at radius 3 is 2.74 bits per heavy atom. The number of carbonyl (C=O) groups is 1. The lowest BCUT2D eigenvalue weighted by atomic mass is 10.2. The second-order valence-electron chi connectivity index (χ2n) is 4.64. The molecule has 19 heavy (non-hydrogen) atoms. The third kappa shape index (κ3) is 2.64. The van der Waals surface area contributed by atoms with Gasteiger partial charge in [-0.3, -0.25) is 4.79 Å². The summed E-state index contributed by atoms with van der Waals surface area (Å²) in [4.78, 5) is 16.3. The van der Waals surface area contributed by atoms with Crippen molar-refractivity contribution in [2.75, 3.05) is 43.9 Å². The average Bonchev–Trinajstić information content (AvgIpc) is 2.54. The van der Waals surface area contributed by atoms with E-state index in [1.54, 1.807) is 0 Å². The molecule has 0 spiro atoms. The van der Waals surface area contributed by atoms with Gasteiger partial charge in [-0.05, 0) is 20.0 Å². The first-order valence-corrected chi connectivity index (χ1v) is 6.92. The fourth-order valence-electron chi connectivity index (χ4n) is 2.22. The highest BCUT2D eigenvalue weighted by Crippen LogP contribution is 2.37. The van der Waals surface area contributed by atoms with Crippen LogP contribution in [-0.2, 0) is 0 Å². The maximum absolute atomic E-state index is 11.6. The van der Waals surface area contributed by atoms with Crippen LogP contribution in [0.4, 0.5) is 10.7 Å². The summed E-state index contributed by atoms with van der Waals surface area (Å²) in [7, 11) is 2.07. The van der Waals surface area contributed by atoms with Crippen LogP contribution in [0.3, 0.4) is 0 Å². The van der Waals surface area contributed by atoms with E-state index in [2.05, 4.69) is 16.8 Å². The van der Waals surface area contributed by atoms with Gasteiger partial charge >= 0.3 is 0 Å². The van der Waals surface area contributed by atoms with Crippen LogP contribution in [0.1, 0.15) is 21.7 Å². The van der Waals surface area contributed by atoms with Crippen LogP contribution in [0.2, 0.25) is 0 Å². The number of primary amides is 1. The van der Waals surface area contributed by atoms with Crippen LogP contribution >= 0.6 is 11.3 Å². The molecule has 1 aliphatic rings. The molecule has 6 nitrogen and oxygen atoms in total. The lowest BCUT2D eigenvalue weighted by Crippen LogP contribution is -2.29. The molecule has 2 rings (SSSR count). The largest absolute Gasteiger partial charge is 0.396 e. The zero-order valence-corrected chi connectivity index (χ0v) is 11.7. The Labute approximate surface area is 116 Å². The molecular weight excluding hydrogens is 262 g/mol. The number of hydrogen-bond acceptors (Lipinski definition) is 6.